The minimum absolute atomic E-state index is 0.164. The monoisotopic (exact) mass is 381 g/mol. The Hall–Kier alpha value is -3.35. The van der Waals surface area contributed by atoms with Crippen LogP contribution in [0, 0.1) is 6.92 Å². The summed E-state index contributed by atoms with van der Waals surface area (Å²) in [5.74, 6) is 0.252. The smallest absolute Gasteiger partial charge is 0.336 e. The van der Waals surface area contributed by atoms with Crippen LogP contribution < -0.4 is 21.3 Å². The number of carbonyl (C=O) groups is 1. The van der Waals surface area contributed by atoms with E-state index in [9.17, 15) is 14.4 Å². The second kappa shape index (κ2) is 8.12. The number of carbonyl (C=O) groups excluding carboxylic acids is 1. The molecule has 0 aliphatic carbocycles. The molecule has 1 N–H and O–H groups in total. The highest BCUT2D eigenvalue weighted by Crippen LogP contribution is 2.16. The summed E-state index contributed by atoms with van der Waals surface area (Å²) in [4.78, 5) is 38.6. The number of amides is 1. The molecule has 0 saturated heterocycles. The first-order valence-electron chi connectivity index (χ1n) is 9.13. The average Bonchev–Trinajstić information content (AvgIpc) is 2.70. The van der Waals surface area contributed by atoms with Crippen molar-refractivity contribution in [2.24, 2.45) is 0 Å². The Morgan fingerprint density at radius 1 is 1.14 bits per heavy atom. The molecule has 3 rings (SSSR count). The van der Waals surface area contributed by atoms with Crippen molar-refractivity contribution in [1.29, 1.82) is 0 Å². The lowest BCUT2D eigenvalue weighted by Crippen LogP contribution is -2.42. The second-order valence-corrected chi connectivity index (χ2v) is 6.58. The molecule has 1 aromatic heterocycles. The zero-order valence-electron chi connectivity index (χ0n) is 16.2. The van der Waals surface area contributed by atoms with Gasteiger partial charge in [-0.3, -0.25) is 14.2 Å². The number of aryl methyl sites for hydroxylation is 1. The van der Waals surface area contributed by atoms with Crippen molar-refractivity contribution >= 4 is 16.8 Å². The van der Waals surface area contributed by atoms with Crippen molar-refractivity contribution in [3.8, 4) is 11.4 Å². The lowest BCUT2D eigenvalue weighted by molar-refractivity contribution is -0.121. The molecule has 0 atom stereocenters. The third-order valence-corrected chi connectivity index (χ3v) is 4.48. The Morgan fingerprint density at radius 2 is 1.93 bits per heavy atom. The maximum atomic E-state index is 13.2. The Balaban J connectivity index is 2.28. The van der Waals surface area contributed by atoms with Crippen LogP contribution >= 0.6 is 0 Å². The van der Waals surface area contributed by atoms with Crippen LogP contribution in [-0.2, 0) is 11.3 Å². The van der Waals surface area contributed by atoms with Gasteiger partial charge in [-0.05, 0) is 37.6 Å². The molecule has 0 fully saturated rings. The number of nitrogens with zero attached hydrogens (tertiary/aromatic N) is 2. The van der Waals surface area contributed by atoms with E-state index in [1.807, 2.05) is 19.9 Å². The maximum Gasteiger partial charge on any atom is 0.336 e. The molecule has 7 nitrogen and oxygen atoms in total. The normalized spacial score (nSPS) is 10.8. The van der Waals surface area contributed by atoms with Gasteiger partial charge in [0.05, 0.1) is 23.7 Å². The van der Waals surface area contributed by atoms with Gasteiger partial charge in [-0.2, -0.15) is 0 Å². The minimum atomic E-state index is -0.568. The van der Waals surface area contributed by atoms with E-state index in [-0.39, 0.29) is 12.5 Å². The van der Waals surface area contributed by atoms with Crippen molar-refractivity contribution in [3.05, 3.63) is 68.9 Å². The van der Waals surface area contributed by atoms with Crippen LogP contribution in [0.2, 0.25) is 0 Å². The highest BCUT2D eigenvalue weighted by Gasteiger charge is 2.17. The Morgan fingerprint density at radius 3 is 2.64 bits per heavy atom. The fourth-order valence-electron chi connectivity index (χ4n) is 3.08. The highest BCUT2D eigenvalue weighted by atomic mass is 16.5. The number of nitrogens with one attached hydrogen (secondary N) is 1. The zero-order valence-corrected chi connectivity index (χ0v) is 16.2. The molecule has 1 amide bonds. The summed E-state index contributed by atoms with van der Waals surface area (Å²) in [7, 11) is 1.52. The molecule has 28 heavy (non-hydrogen) atoms. The predicted octanol–water partition coefficient (Wildman–Crippen LogP) is 2.00. The number of aromatic nitrogens is 2. The van der Waals surface area contributed by atoms with E-state index < -0.39 is 11.2 Å². The van der Waals surface area contributed by atoms with Gasteiger partial charge in [0.25, 0.3) is 5.56 Å². The fourth-order valence-corrected chi connectivity index (χ4v) is 3.08. The van der Waals surface area contributed by atoms with Crippen LogP contribution in [0.25, 0.3) is 16.6 Å². The number of fused-ring (bicyclic) bond motifs is 1. The molecular formula is C21H23N3O4. The van der Waals surface area contributed by atoms with E-state index in [2.05, 4.69) is 5.32 Å². The Bertz CT molecular complexity index is 1140. The van der Waals surface area contributed by atoms with Gasteiger partial charge in [0.1, 0.15) is 12.3 Å². The van der Waals surface area contributed by atoms with Gasteiger partial charge < -0.3 is 10.1 Å². The number of benzene rings is 2. The molecule has 0 unspecified atom stereocenters. The standard InChI is InChI=1S/C21H23N3O4/c1-4-10-22-19(25)13-23-18-9-8-14(2)11-17(18)20(26)24(21(23)27)15-6-5-7-16(12-15)28-3/h5-9,11-12H,4,10,13H2,1-3H3,(H,22,25). The summed E-state index contributed by atoms with van der Waals surface area (Å²) in [6.07, 6.45) is 0.796. The van der Waals surface area contributed by atoms with E-state index in [1.54, 1.807) is 36.4 Å². The molecule has 3 aromatic rings. The fraction of sp³-hybridized carbons (Fsp3) is 0.286. The van der Waals surface area contributed by atoms with E-state index in [0.29, 0.717) is 28.9 Å². The van der Waals surface area contributed by atoms with Gasteiger partial charge in [-0.15, -0.1) is 0 Å². The molecule has 1 heterocycles. The lowest BCUT2D eigenvalue weighted by Gasteiger charge is -2.15. The number of ether oxygens (including phenoxy) is 1. The first-order chi connectivity index (χ1) is 13.5. The molecule has 0 aliphatic heterocycles. The molecule has 0 bridgehead atoms. The molecule has 146 valence electrons. The Labute approximate surface area is 162 Å². The van der Waals surface area contributed by atoms with Gasteiger partial charge in [0, 0.05) is 12.6 Å². The van der Waals surface area contributed by atoms with E-state index in [0.717, 1.165) is 16.6 Å². The molecular weight excluding hydrogens is 358 g/mol. The predicted molar refractivity (Wildman–Crippen MR) is 108 cm³/mol. The topological polar surface area (TPSA) is 82.3 Å². The van der Waals surface area contributed by atoms with Gasteiger partial charge in [0.15, 0.2) is 0 Å². The SMILES string of the molecule is CCCNC(=O)Cn1c(=O)n(-c2cccc(OC)c2)c(=O)c2cc(C)ccc21. The van der Waals surface area contributed by atoms with Gasteiger partial charge >= 0.3 is 5.69 Å². The number of methoxy groups -OCH3 is 1. The van der Waals surface area contributed by atoms with Crippen molar-refractivity contribution < 1.29 is 9.53 Å². The third kappa shape index (κ3) is 3.69. The molecule has 7 heteroatoms. The summed E-state index contributed by atoms with van der Waals surface area (Å²) in [6.45, 7) is 4.19. The zero-order chi connectivity index (χ0) is 20.3. The van der Waals surface area contributed by atoms with Crippen molar-refractivity contribution in [2.75, 3.05) is 13.7 Å². The molecule has 0 spiro atoms. The number of rotatable bonds is 6. The molecule has 2 aromatic carbocycles. The molecule has 0 radical (unpaired) electrons. The van der Waals surface area contributed by atoms with E-state index in [4.69, 9.17) is 4.74 Å². The van der Waals surface area contributed by atoms with Crippen LogP contribution in [-0.4, -0.2) is 28.7 Å². The lowest BCUT2D eigenvalue weighted by atomic mass is 10.1. The van der Waals surface area contributed by atoms with E-state index in [1.165, 1.54) is 11.7 Å². The van der Waals surface area contributed by atoms with Crippen LogP contribution in [0.1, 0.15) is 18.9 Å². The minimum Gasteiger partial charge on any atom is -0.497 e. The molecule has 0 aliphatic rings. The van der Waals surface area contributed by atoms with Gasteiger partial charge in [0.2, 0.25) is 5.91 Å². The van der Waals surface area contributed by atoms with Crippen molar-refractivity contribution in [2.45, 2.75) is 26.8 Å². The van der Waals surface area contributed by atoms with E-state index >= 15 is 0 Å². The number of hydrogen-bond donors (Lipinski definition) is 1. The Kier molecular flexibility index (Phi) is 5.63. The average molecular weight is 381 g/mol. The summed E-state index contributed by atoms with van der Waals surface area (Å²) in [5, 5.41) is 3.15. The van der Waals surface area contributed by atoms with Crippen LogP contribution in [0.4, 0.5) is 0 Å². The third-order valence-electron chi connectivity index (χ3n) is 4.48. The highest BCUT2D eigenvalue weighted by molar-refractivity contribution is 5.82. The summed E-state index contributed by atoms with van der Waals surface area (Å²) < 4.78 is 7.63. The van der Waals surface area contributed by atoms with Crippen LogP contribution in [0.15, 0.2) is 52.1 Å². The van der Waals surface area contributed by atoms with Crippen LogP contribution in [0.3, 0.4) is 0 Å². The maximum absolute atomic E-state index is 13.2. The largest absolute Gasteiger partial charge is 0.497 e. The number of hydrogen-bond acceptors (Lipinski definition) is 4. The quantitative estimate of drug-likeness (QED) is 0.708. The first kappa shape index (κ1) is 19.4. The van der Waals surface area contributed by atoms with Gasteiger partial charge in [-0.1, -0.05) is 24.6 Å². The summed E-state index contributed by atoms with van der Waals surface area (Å²) >= 11 is 0. The van der Waals surface area contributed by atoms with Crippen molar-refractivity contribution in [3.63, 3.8) is 0 Å². The van der Waals surface area contributed by atoms with Crippen molar-refractivity contribution in [1.82, 2.24) is 14.5 Å². The van der Waals surface area contributed by atoms with Crippen LogP contribution in [0.5, 0.6) is 5.75 Å². The summed E-state index contributed by atoms with van der Waals surface area (Å²) in [5.41, 5.74) is 0.720. The summed E-state index contributed by atoms with van der Waals surface area (Å²) in [6, 6.07) is 12.0. The van der Waals surface area contributed by atoms with Gasteiger partial charge in [-0.25, -0.2) is 9.36 Å². The second-order valence-electron chi connectivity index (χ2n) is 6.58. The first-order valence-corrected chi connectivity index (χ1v) is 9.13. The molecule has 0 saturated carbocycles.